The smallest absolute Gasteiger partial charge is 0.242 e. The Balaban J connectivity index is 2.77. The molecule has 1 aromatic rings. The maximum Gasteiger partial charge on any atom is 0.242 e. The van der Waals surface area contributed by atoms with Gasteiger partial charge in [0, 0.05) is 19.3 Å². The lowest BCUT2D eigenvalue weighted by Crippen LogP contribution is -2.36. The van der Waals surface area contributed by atoms with Crippen molar-refractivity contribution in [3.63, 3.8) is 0 Å². The molecule has 21 heavy (non-hydrogen) atoms. The van der Waals surface area contributed by atoms with Crippen molar-refractivity contribution in [3.05, 3.63) is 24.0 Å². The maximum atomic E-state index is 12.3. The molecule has 8 heteroatoms. The van der Waals surface area contributed by atoms with Crippen LogP contribution in [0.4, 0.5) is 0 Å². The van der Waals surface area contributed by atoms with Gasteiger partial charge in [0.2, 0.25) is 10.0 Å². The SMILES string of the molecule is CCCN(CC)CCNS(=O)(=O)c1cccnc1C(N)=S. The van der Waals surface area contributed by atoms with Crippen molar-refractivity contribution in [3.8, 4) is 0 Å². The van der Waals surface area contributed by atoms with Crippen LogP contribution in [0, 0.1) is 0 Å². The Morgan fingerprint density at radius 3 is 2.71 bits per heavy atom. The zero-order valence-corrected chi connectivity index (χ0v) is 14.0. The first-order valence-corrected chi connectivity index (χ1v) is 8.78. The van der Waals surface area contributed by atoms with Crippen LogP contribution < -0.4 is 10.5 Å². The molecule has 0 atom stereocenters. The molecule has 118 valence electrons. The van der Waals surface area contributed by atoms with Gasteiger partial charge in [-0.25, -0.2) is 13.1 Å². The van der Waals surface area contributed by atoms with E-state index in [4.69, 9.17) is 18.0 Å². The van der Waals surface area contributed by atoms with Crippen LogP contribution in [0.25, 0.3) is 0 Å². The van der Waals surface area contributed by atoms with E-state index in [1.54, 1.807) is 6.07 Å². The number of pyridine rings is 1. The van der Waals surface area contributed by atoms with E-state index in [0.29, 0.717) is 13.1 Å². The molecular formula is C13H22N4O2S2. The molecule has 1 aromatic heterocycles. The molecule has 0 aliphatic carbocycles. The number of thiocarbonyl (C=S) groups is 1. The Bertz CT molecular complexity index is 575. The van der Waals surface area contributed by atoms with Crippen LogP contribution in [0.3, 0.4) is 0 Å². The van der Waals surface area contributed by atoms with Gasteiger partial charge in [0.05, 0.1) is 0 Å². The van der Waals surface area contributed by atoms with Gasteiger partial charge in [-0.2, -0.15) is 0 Å². The second kappa shape index (κ2) is 8.38. The summed E-state index contributed by atoms with van der Waals surface area (Å²) in [7, 11) is -3.66. The van der Waals surface area contributed by atoms with Crippen molar-refractivity contribution in [2.24, 2.45) is 5.73 Å². The lowest BCUT2D eigenvalue weighted by molar-refractivity contribution is 0.293. The van der Waals surface area contributed by atoms with Crippen molar-refractivity contribution in [1.29, 1.82) is 0 Å². The van der Waals surface area contributed by atoms with Gasteiger partial charge >= 0.3 is 0 Å². The number of rotatable bonds is 9. The predicted molar refractivity (Wildman–Crippen MR) is 87.7 cm³/mol. The molecule has 0 aliphatic heterocycles. The summed E-state index contributed by atoms with van der Waals surface area (Å²) in [6.45, 7) is 6.98. The molecule has 0 saturated heterocycles. The van der Waals surface area contributed by atoms with Gasteiger partial charge in [-0.3, -0.25) is 4.98 Å². The summed E-state index contributed by atoms with van der Waals surface area (Å²) in [6.07, 6.45) is 2.50. The van der Waals surface area contributed by atoms with Gasteiger partial charge in [-0.05, 0) is 31.6 Å². The monoisotopic (exact) mass is 330 g/mol. The zero-order chi connectivity index (χ0) is 15.9. The summed E-state index contributed by atoms with van der Waals surface area (Å²) in [4.78, 5) is 6.11. The molecule has 0 amide bonds. The predicted octanol–water partition coefficient (Wildman–Crippen LogP) is 0.726. The van der Waals surface area contributed by atoms with Crippen LogP contribution in [0.2, 0.25) is 0 Å². The minimum absolute atomic E-state index is 0.0241. The first kappa shape index (κ1) is 18.0. The molecule has 0 aromatic carbocycles. The molecule has 0 unspecified atom stereocenters. The minimum Gasteiger partial charge on any atom is -0.388 e. The number of hydrogen-bond donors (Lipinski definition) is 2. The number of sulfonamides is 1. The second-order valence-electron chi connectivity index (χ2n) is 4.55. The van der Waals surface area contributed by atoms with E-state index in [1.165, 1.54) is 12.3 Å². The van der Waals surface area contributed by atoms with E-state index in [2.05, 4.69) is 28.5 Å². The second-order valence-corrected chi connectivity index (χ2v) is 6.72. The summed E-state index contributed by atoms with van der Waals surface area (Å²) in [6, 6.07) is 3.00. The molecule has 0 fully saturated rings. The van der Waals surface area contributed by atoms with Gasteiger partial charge < -0.3 is 10.6 Å². The highest BCUT2D eigenvalue weighted by atomic mass is 32.2. The normalized spacial score (nSPS) is 11.8. The molecule has 0 aliphatic rings. The molecule has 1 heterocycles. The lowest BCUT2D eigenvalue weighted by Gasteiger charge is -2.19. The van der Waals surface area contributed by atoms with Crippen LogP contribution in [-0.2, 0) is 10.0 Å². The summed E-state index contributed by atoms with van der Waals surface area (Å²) in [5.41, 5.74) is 5.64. The fraction of sp³-hybridized carbons (Fsp3) is 0.538. The highest BCUT2D eigenvalue weighted by molar-refractivity contribution is 7.89. The molecule has 1 rings (SSSR count). The average molecular weight is 330 g/mol. The summed E-state index contributed by atoms with van der Waals surface area (Å²) < 4.78 is 27.2. The Morgan fingerprint density at radius 2 is 2.14 bits per heavy atom. The van der Waals surface area contributed by atoms with Crippen LogP contribution >= 0.6 is 12.2 Å². The Labute approximate surface area is 131 Å². The first-order chi connectivity index (χ1) is 9.92. The van der Waals surface area contributed by atoms with Gasteiger partial charge in [-0.1, -0.05) is 26.1 Å². The van der Waals surface area contributed by atoms with Crippen LogP contribution in [0.15, 0.2) is 23.2 Å². The number of hydrogen-bond acceptors (Lipinski definition) is 5. The molecule has 0 bridgehead atoms. The summed E-state index contributed by atoms with van der Waals surface area (Å²) in [5.74, 6) is 0. The van der Waals surface area contributed by atoms with Gasteiger partial charge in [-0.15, -0.1) is 0 Å². The van der Waals surface area contributed by atoms with E-state index in [9.17, 15) is 8.42 Å². The van der Waals surface area contributed by atoms with Crippen molar-refractivity contribution in [2.45, 2.75) is 25.2 Å². The highest BCUT2D eigenvalue weighted by Gasteiger charge is 2.20. The third-order valence-corrected chi connectivity index (χ3v) is 4.69. The van der Waals surface area contributed by atoms with Crippen molar-refractivity contribution < 1.29 is 8.42 Å². The van der Waals surface area contributed by atoms with E-state index in [0.717, 1.165) is 19.5 Å². The number of likely N-dealkylation sites (N-methyl/N-ethyl adjacent to an activating group) is 1. The van der Waals surface area contributed by atoms with Crippen molar-refractivity contribution in [2.75, 3.05) is 26.2 Å². The summed E-state index contributed by atoms with van der Waals surface area (Å²) in [5, 5.41) is 0. The molecule has 6 nitrogen and oxygen atoms in total. The van der Waals surface area contributed by atoms with Crippen molar-refractivity contribution in [1.82, 2.24) is 14.6 Å². The molecule has 0 spiro atoms. The lowest BCUT2D eigenvalue weighted by atomic mass is 10.3. The van der Waals surface area contributed by atoms with E-state index >= 15 is 0 Å². The first-order valence-electron chi connectivity index (χ1n) is 6.89. The molecule has 0 radical (unpaired) electrons. The molecular weight excluding hydrogens is 308 g/mol. The summed E-state index contributed by atoms with van der Waals surface area (Å²) >= 11 is 4.84. The third-order valence-electron chi connectivity index (χ3n) is 3.00. The average Bonchev–Trinajstić information content (AvgIpc) is 2.46. The fourth-order valence-electron chi connectivity index (χ4n) is 1.95. The molecule has 0 saturated carbocycles. The van der Waals surface area contributed by atoms with Crippen molar-refractivity contribution >= 4 is 27.2 Å². The third kappa shape index (κ3) is 5.31. The maximum absolute atomic E-state index is 12.3. The Hall–Kier alpha value is -1.09. The zero-order valence-electron chi connectivity index (χ0n) is 12.4. The standard InChI is InChI=1S/C13H22N4O2S2/c1-3-9-17(4-2)10-8-16-21(18,19)11-6-5-7-15-12(11)13(14)20/h5-7,16H,3-4,8-10H2,1-2H3,(H2,14,20). The Morgan fingerprint density at radius 1 is 1.43 bits per heavy atom. The fourth-order valence-corrected chi connectivity index (χ4v) is 3.37. The number of aromatic nitrogens is 1. The van der Waals surface area contributed by atoms with Crippen LogP contribution in [0.1, 0.15) is 26.0 Å². The number of nitrogens with zero attached hydrogens (tertiary/aromatic N) is 2. The quantitative estimate of drug-likeness (QED) is 0.649. The van der Waals surface area contributed by atoms with E-state index < -0.39 is 10.0 Å². The van der Waals surface area contributed by atoms with Crippen LogP contribution in [-0.4, -0.2) is 49.5 Å². The molecule has 3 N–H and O–H groups in total. The minimum atomic E-state index is -3.66. The largest absolute Gasteiger partial charge is 0.388 e. The van der Waals surface area contributed by atoms with Gasteiger partial charge in [0.1, 0.15) is 15.6 Å². The Kier molecular flexibility index (Phi) is 7.16. The highest BCUT2D eigenvalue weighted by Crippen LogP contribution is 2.12. The van der Waals surface area contributed by atoms with E-state index in [-0.39, 0.29) is 15.6 Å². The topological polar surface area (TPSA) is 88.3 Å². The van der Waals surface area contributed by atoms with Gasteiger partial charge in [0.15, 0.2) is 0 Å². The van der Waals surface area contributed by atoms with Crippen LogP contribution in [0.5, 0.6) is 0 Å². The number of nitrogens with one attached hydrogen (secondary N) is 1. The van der Waals surface area contributed by atoms with E-state index in [1.807, 2.05) is 0 Å². The van der Waals surface area contributed by atoms with Gasteiger partial charge in [0.25, 0.3) is 0 Å². The number of nitrogens with two attached hydrogens (primary N) is 1.